The number of aromatic hydroxyl groups is 1. The highest BCUT2D eigenvalue weighted by Crippen LogP contribution is 2.22. The Balaban J connectivity index is 1.65. The largest absolute Gasteiger partial charge is 0.494 e. The topological polar surface area (TPSA) is 125 Å². The molecule has 0 radical (unpaired) electrons. The molecule has 0 aliphatic carbocycles. The summed E-state index contributed by atoms with van der Waals surface area (Å²) < 4.78 is 0.998. The molecule has 1 aliphatic heterocycles. The number of amides is 3. The first-order valence-electron chi connectivity index (χ1n) is 11.0. The number of imide groups is 1. The number of benzene rings is 2. The zero-order valence-corrected chi connectivity index (χ0v) is 19.5. The molecule has 9 nitrogen and oxygen atoms in total. The van der Waals surface area contributed by atoms with Crippen LogP contribution in [0.2, 0.25) is 0 Å². The normalized spacial score (nSPS) is 15.6. The van der Waals surface area contributed by atoms with Crippen LogP contribution in [-0.4, -0.2) is 32.3 Å². The van der Waals surface area contributed by atoms with E-state index in [0.717, 1.165) is 9.47 Å². The molecule has 0 saturated heterocycles. The number of aromatic nitrogens is 2. The summed E-state index contributed by atoms with van der Waals surface area (Å²) in [5.74, 6) is -1.00. The minimum atomic E-state index is -0.763. The van der Waals surface area contributed by atoms with Gasteiger partial charge in [0.05, 0.1) is 22.7 Å². The molecule has 3 aromatic rings. The fourth-order valence-electron chi connectivity index (χ4n) is 3.60. The number of carbonyl (C=O) groups is 2. The Bertz CT molecular complexity index is 1580. The van der Waals surface area contributed by atoms with Gasteiger partial charge >= 0.3 is 11.7 Å². The summed E-state index contributed by atoms with van der Waals surface area (Å²) in [4.78, 5) is 57.2. The molecule has 1 aromatic heterocycles. The van der Waals surface area contributed by atoms with Gasteiger partial charge in [0.15, 0.2) is 0 Å². The van der Waals surface area contributed by atoms with Gasteiger partial charge in [-0.2, -0.15) is 4.99 Å². The van der Waals surface area contributed by atoms with Crippen molar-refractivity contribution in [1.29, 1.82) is 0 Å². The van der Waals surface area contributed by atoms with Crippen LogP contribution in [0.4, 0.5) is 10.5 Å². The van der Waals surface area contributed by atoms with Crippen LogP contribution in [-0.2, 0) is 4.79 Å². The summed E-state index contributed by atoms with van der Waals surface area (Å²) in [7, 11) is 0. The number of allylic oxidation sites excluding steroid dienone is 4. The first kappa shape index (κ1) is 24.1. The predicted octanol–water partition coefficient (Wildman–Crippen LogP) is 3.75. The van der Waals surface area contributed by atoms with Gasteiger partial charge in [0, 0.05) is 0 Å². The first-order chi connectivity index (χ1) is 17.3. The van der Waals surface area contributed by atoms with Crippen LogP contribution in [0.5, 0.6) is 5.88 Å². The van der Waals surface area contributed by atoms with E-state index in [0.29, 0.717) is 16.9 Å². The highest BCUT2D eigenvalue weighted by molar-refractivity contribution is 6.37. The van der Waals surface area contributed by atoms with Crippen molar-refractivity contribution in [3.63, 3.8) is 0 Å². The molecular weight excluding hydrogens is 460 g/mol. The van der Waals surface area contributed by atoms with Crippen molar-refractivity contribution in [3.8, 4) is 11.6 Å². The van der Waals surface area contributed by atoms with Crippen LogP contribution in [0.1, 0.15) is 19.4 Å². The van der Waals surface area contributed by atoms with Crippen molar-refractivity contribution in [2.45, 2.75) is 13.8 Å². The number of H-pyrrole nitrogens is 1. The molecule has 0 fully saturated rings. The standard InChI is InChI=1S/C27H22N4O5/c1-17(13-15-21-18(2)28-26(35)30(24(21)33)19-9-5-3-6-10-19)14-16-22-23(32)29-27(36)31(25(22)34)20-11-7-4-8-12-20/h3-16,34H,1-2H3,(H,29,32,36). The fourth-order valence-corrected chi connectivity index (χ4v) is 3.60. The van der Waals surface area contributed by atoms with Crippen molar-refractivity contribution in [3.05, 3.63) is 116 Å². The maximum Gasteiger partial charge on any atom is 0.355 e. The highest BCUT2D eigenvalue weighted by atomic mass is 16.3. The zero-order valence-electron chi connectivity index (χ0n) is 19.5. The average molecular weight is 482 g/mol. The van der Waals surface area contributed by atoms with Gasteiger partial charge in [-0.15, -0.1) is 0 Å². The van der Waals surface area contributed by atoms with Gasteiger partial charge in [0.2, 0.25) is 5.88 Å². The van der Waals surface area contributed by atoms with Crippen LogP contribution in [0.15, 0.2) is 105 Å². The van der Waals surface area contributed by atoms with Crippen LogP contribution >= 0.6 is 0 Å². The van der Waals surface area contributed by atoms with Crippen molar-refractivity contribution in [2.24, 2.45) is 4.99 Å². The minimum absolute atomic E-state index is 0.105. The first-order valence-corrected chi connectivity index (χ1v) is 11.0. The van der Waals surface area contributed by atoms with E-state index in [9.17, 15) is 24.3 Å². The van der Waals surface area contributed by atoms with Crippen molar-refractivity contribution in [1.82, 2.24) is 9.55 Å². The van der Waals surface area contributed by atoms with Gasteiger partial charge in [-0.05, 0) is 50.3 Å². The number of hydrogen-bond acceptors (Lipinski definition) is 5. The Morgan fingerprint density at radius 3 is 2.19 bits per heavy atom. The molecule has 2 heterocycles. The molecule has 0 atom stereocenters. The molecule has 2 N–H and O–H groups in total. The highest BCUT2D eigenvalue weighted by Gasteiger charge is 2.31. The van der Waals surface area contributed by atoms with Gasteiger partial charge < -0.3 is 5.11 Å². The SMILES string of the molecule is CC(C=Cc1c(O)n(-c2ccccc2)c(=O)[nH]c1=O)=CC=C1C(=O)N(c2ccccc2)C(=O)N=C1C. The summed E-state index contributed by atoms with van der Waals surface area (Å²) in [6.45, 7) is 3.30. The number of para-hydroxylation sites is 2. The summed E-state index contributed by atoms with van der Waals surface area (Å²) in [6.07, 6.45) is 6.10. The van der Waals surface area contributed by atoms with Gasteiger partial charge in [-0.3, -0.25) is 14.6 Å². The van der Waals surface area contributed by atoms with E-state index in [1.807, 2.05) is 0 Å². The molecule has 0 saturated carbocycles. The van der Waals surface area contributed by atoms with E-state index in [1.165, 1.54) is 12.2 Å². The van der Waals surface area contributed by atoms with Gasteiger partial charge in [0.1, 0.15) is 5.56 Å². The Morgan fingerprint density at radius 2 is 1.56 bits per heavy atom. The monoisotopic (exact) mass is 482 g/mol. The third-order valence-corrected chi connectivity index (χ3v) is 5.45. The lowest BCUT2D eigenvalue weighted by atomic mass is 10.1. The van der Waals surface area contributed by atoms with E-state index < -0.39 is 29.1 Å². The number of rotatable bonds is 5. The number of nitrogens with one attached hydrogen (secondary N) is 1. The number of aromatic amines is 1. The van der Waals surface area contributed by atoms with E-state index >= 15 is 0 Å². The van der Waals surface area contributed by atoms with Gasteiger partial charge in [0.25, 0.3) is 11.5 Å². The molecule has 1 aliphatic rings. The van der Waals surface area contributed by atoms with Crippen molar-refractivity contribution < 1.29 is 14.7 Å². The number of anilines is 1. The number of hydrogen-bond donors (Lipinski definition) is 2. The van der Waals surface area contributed by atoms with E-state index in [1.54, 1.807) is 86.7 Å². The molecule has 9 heteroatoms. The number of aliphatic imine (C=N–C) groups is 1. The third kappa shape index (κ3) is 4.76. The van der Waals surface area contributed by atoms with E-state index in [2.05, 4.69) is 9.98 Å². The second-order valence-electron chi connectivity index (χ2n) is 7.95. The minimum Gasteiger partial charge on any atom is -0.494 e. The molecule has 0 unspecified atom stereocenters. The Kier molecular flexibility index (Phi) is 6.73. The second kappa shape index (κ2) is 10.1. The van der Waals surface area contributed by atoms with Crippen molar-refractivity contribution in [2.75, 3.05) is 4.90 Å². The maximum absolute atomic E-state index is 13.0. The molecule has 0 spiro atoms. The number of nitrogens with zero attached hydrogens (tertiary/aromatic N) is 3. The molecule has 4 rings (SSSR count). The Morgan fingerprint density at radius 1 is 0.944 bits per heavy atom. The van der Waals surface area contributed by atoms with E-state index in [-0.39, 0.29) is 16.8 Å². The third-order valence-electron chi connectivity index (χ3n) is 5.45. The number of carbonyl (C=O) groups excluding carboxylic acids is 2. The van der Waals surface area contributed by atoms with Gasteiger partial charge in [-0.1, -0.05) is 54.1 Å². The van der Waals surface area contributed by atoms with Crippen LogP contribution in [0.25, 0.3) is 11.8 Å². The fraction of sp³-hybridized carbons (Fsp3) is 0.0741. The van der Waals surface area contributed by atoms with Crippen LogP contribution in [0.3, 0.4) is 0 Å². The molecular formula is C27H22N4O5. The summed E-state index contributed by atoms with van der Waals surface area (Å²) >= 11 is 0. The molecule has 2 aromatic carbocycles. The summed E-state index contributed by atoms with van der Waals surface area (Å²) in [6, 6.07) is 16.3. The Labute approximate surface area is 205 Å². The van der Waals surface area contributed by atoms with E-state index in [4.69, 9.17) is 0 Å². The quantitative estimate of drug-likeness (QED) is 0.423. The smallest absolute Gasteiger partial charge is 0.355 e. The second-order valence-corrected chi connectivity index (χ2v) is 7.95. The molecule has 0 bridgehead atoms. The van der Waals surface area contributed by atoms with Crippen LogP contribution < -0.4 is 16.1 Å². The lowest BCUT2D eigenvalue weighted by molar-refractivity contribution is -0.114. The molecule has 3 amide bonds. The zero-order chi connectivity index (χ0) is 25.8. The molecule has 180 valence electrons. The van der Waals surface area contributed by atoms with Gasteiger partial charge in [-0.25, -0.2) is 19.1 Å². The van der Waals surface area contributed by atoms with Crippen LogP contribution in [0, 0.1) is 0 Å². The van der Waals surface area contributed by atoms with Crippen molar-refractivity contribution >= 4 is 29.4 Å². The molecule has 36 heavy (non-hydrogen) atoms. The summed E-state index contributed by atoms with van der Waals surface area (Å²) in [5.41, 5.74) is 0.354. The Hall–Kier alpha value is -5.05. The lowest BCUT2D eigenvalue weighted by Gasteiger charge is -2.24. The average Bonchev–Trinajstić information content (AvgIpc) is 2.84. The summed E-state index contributed by atoms with van der Waals surface area (Å²) in [5, 5.41) is 10.6. The lowest BCUT2D eigenvalue weighted by Crippen LogP contribution is -2.41. The predicted molar refractivity (Wildman–Crippen MR) is 138 cm³/mol. The maximum atomic E-state index is 13.0. The number of urea groups is 1.